The molecule has 0 radical (unpaired) electrons. The molecule has 114 valence electrons. The van der Waals surface area contributed by atoms with Crippen molar-refractivity contribution in [3.8, 4) is 0 Å². The smallest absolute Gasteiger partial charge is 0.140 e. The van der Waals surface area contributed by atoms with Gasteiger partial charge in [0.15, 0.2) is 0 Å². The summed E-state index contributed by atoms with van der Waals surface area (Å²) in [5, 5.41) is 7.93. The van der Waals surface area contributed by atoms with E-state index in [-0.39, 0.29) is 11.0 Å². The van der Waals surface area contributed by atoms with Crippen LogP contribution in [0.25, 0.3) is 0 Å². The van der Waals surface area contributed by atoms with Gasteiger partial charge < -0.3 is 5.32 Å². The van der Waals surface area contributed by atoms with Crippen LogP contribution in [0.1, 0.15) is 46.9 Å². The quantitative estimate of drug-likeness (QED) is 0.916. The molecular weight excluding hydrogens is 250 g/mol. The van der Waals surface area contributed by atoms with E-state index in [1.165, 1.54) is 0 Å². The second kappa shape index (κ2) is 5.45. The van der Waals surface area contributed by atoms with E-state index in [0.29, 0.717) is 6.04 Å². The van der Waals surface area contributed by atoms with E-state index in [4.69, 9.17) is 0 Å². The van der Waals surface area contributed by atoms with E-state index in [0.717, 1.165) is 31.9 Å². The van der Waals surface area contributed by atoms with Crippen molar-refractivity contribution in [3.05, 3.63) is 12.2 Å². The molecule has 1 N–H and O–H groups in total. The lowest BCUT2D eigenvalue weighted by molar-refractivity contribution is 0.0132. The molecule has 0 saturated carbocycles. The van der Waals surface area contributed by atoms with E-state index >= 15 is 0 Å². The third-order valence-electron chi connectivity index (χ3n) is 4.84. The predicted octanol–water partition coefficient (Wildman–Crippen LogP) is 1.80. The molecule has 0 aromatic carbocycles. The Morgan fingerprint density at radius 3 is 2.65 bits per heavy atom. The molecule has 1 aliphatic rings. The molecule has 1 aromatic heterocycles. The fourth-order valence-corrected chi connectivity index (χ4v) is 2.78. The van der Waals surface area contributed by atoms with Gasteiger partial charge in [-0.25, -0.2) is 4.98 Å². The summed E-state index contributed by atoms with van der Waals surface area (Å²) in [6, 6.07) is 0.510. The summed E-state index contributed by atoms with van der Waals surface area (Å²) in [7, 11) is 1.97. The summed E-state index contributed by atoms with van der Waals surface area (Å²) >= 11 is 0. The molecule has 5 nitrogen and oxygen atoms in total. The molecule has 5 heteroatoms. The van der Waals surface area contributed by atoms with Crippen molar-refractivity contribution in [3.63, 3.8) is 0 Å². The molecule has 20 heavy (non-hydrogen) atoms. The fraction of sp³-hybridized carbons (Fsp3) is 0.867. The minimum Gasteiger partial charge on any atom is -0.310 e. The van der Waals surface area contributed by atoms with Gasteiger partial charge in [-0.05, 0) is 18.8 Å². The predicted molar refractivity (Wildman–Crippen MR) is 81.4 cm³/mol. The Labute approximate surface area is 122 Å². The van der Waals surface area contributed by atoms with Gasteiger partial charge in [0.2, 0.25) is 0 Å². The zero-order valence-electron chi connectivity index (χ0n) is 13.8. The highest BCUT2D eigenvalue weighted by Gasteiger charge is 2.40. The van der Waals surface area contributed by atoms with Crippen molar-refractivity contribution >= 4 is 0 Å². The number of piperazine rings is 1. The van der Waals surface area contributed by atoms with Crippen LogP contribution in [0.2, 0.25) is 0 Å². The highest BCUT2D eigenvalue weighted by Crippen LogP contribution is 2.30. The van der Waals surface area contributed by atoms with Crippen molar-refractivity contribution in [1.29, 1.82) is 0 Å². The molecule has 2 atom stereocenters. The molecule has 0 amide bonds. The lowest BCUT2D eigenvalue weighted by Crippen LogP contribution is -2.65. The SMILES string of the molecule is CCC1(C)CNC(C(C)(C)C)CN1Cc1ncnn1C. The van der Waals surface area contributed by atoms with Crippen LogP contribution in [-0.2, 0) is 13.6 Å². The maximum Gasteiger partial charge on any atom is 0.140 e. The Morgan fingerprint density at radius 1 is 1.45 bits per heavy atom. The van der Waals surface area contributed by atoms with Crippen LogP contribution in [0, 0.1) is 5.41 Å². The topological polar surface area (TPSA) is 46.0 Å². The highest BCUT2D eigenvalue weighted by molar-refractivity contribution is 5.00. The van der Waals surface area contributed by atoms with E-state index in [2.05, 4.69) is 54.9 Å². The first-order chi connectivity index (χ1) is 9.26. The largest absolute Gasteiger partial charge is 0.310 e. The Hall–Kier alpha value is -0.940. The third-order valence-corrected chi connectivity index (χ3v) is 4.84. The van der Waals surface area contributed by atoms with Gasteiger partial charge in [0, 0.05) is 31.7 Å². The zero-order chi connectivity index (χ0) is 15.0. The highest BCUT2D eigenvalue weighted by atomic mass is 15.4. The minimum atomic E-state index is 0.188. The minimum absolute atomic E-state index is 0.188. The Bertz CT molecular complexity index is 447. The van der Waals surface area contributed by atoms with Crippen LogP contribution in [0.3, 0.4) is 0 Å². The van der Waals surface area contributed by atoms with Gasteiger partial charge in [0.05, 0.1) is 6.54 Å². The average Bonchev–Trinajstić information content (AvgIpc) is 2.76. The van der Waals surface area contributed by atoms with Crippen molar-refractivity contribution in [1.82, 2.24) is 25.0 Å². The molecule has 1 saturated heterocycles. The first-order valence-corrected chi connectivity index (χ1v) is 7.57. The maximum absolute atomic E-state index is 4.39. The van der Waals surface area contributed by atoms with Gasteiger partial charge in [-0.3, -0.25) is 9.58 Å². The summed E-state index contributed by atoms with van der Waals surface area (Å²) in [4.78, 5) is 6.96. The number of aryl methyl sites for hydroxylation is 1. The summed E-state index contributed by atoms with van der Waals surface area (Å²) in [5.74, 6) is 1.04. The normalized spacial score (nSPS) is 28.8. The number of nitrogens with zero attached hydrogens (tertiary/aromatic N) is 4. The standard InChI is InChI=1S/C15H29N5/c1-7-15(5)10-16-12(14(2,3)4)8-20(15)9-13-17-11-18-19(13)6/h11-12,16H,7-10H2,1-6H3. The van der Waals surface area contributed by atoms with Crippen LogP contribution in [0.5, 0.6) is 0 Å². The number of aromatic nitrogens is 3. The molecule has 1 fully saturated rings. The summed E-state index contributed by atoms with van der Waals surface area (Å²) < 4.78 is 1.88. The average molecular weight is 279 g/mol. The summed E-state index contributed by atoms with van der Waals surface area (Å²) in [6.45, 7) is 14.5. The number of hydrogen-bond donors (Lipinski definition) is 1. The first-order valence-electron chi connectivity index (χ1n) is 7.57. The third kappa shape index (κ3) is 3.04. The van der Waals surface area contributed by atoms with Crippen LogP contribution < -0.4 is 5.32 Å². The van der Waals surface area contributed by atoms with Crippen molar-refractivity contribution in [2.24, 2.45) is 12.5 Å². The van der Waals surface area contributed by atoms with E-state index in [1.54, 1.807) is 6.33 Å². The molecule has 2 heterocycles. The van der Waals surface area contributed by atoms with Gasteiger partial charge in [-0.2, -0.15) is 5.10 Å². The zero-order valence-corrected chi connectivity index (χ0v) is 13.8. The molecule has 2 rings (SSSR count). The first kappa shape index (κ1) is 15.4. The van der Waals surface area contributed by atoms with Crippen molar-refractivity contribution in [2.75, 3.05) is 13.1 Å². The number of nitrogens with one attached hydrogen (secondary N) is 1. The van der Waals surface area contributed by atoms with Gasteiger partial charge in [0.25, 0.3) is 0 Å². The molecule has 1 aromatic rings. The second-order valence-corrected chi connectivity index (χ2v) is 7.33. The number of rotatable bonds is 3. The van der Waals surface area contributed by atoms with Crippen LogP contribution in [0.15, 0.2) is 6.33 Å². The van der Waals surface area contributed by atoms with E-state index in [9.17, 15) is 0 Å². The summed E-state index contributed by atoms with van der Waals surface area (Å²) in [6.07, 6.45) is 2.77. The monoisotopic (exact) mass is 279 g/mol. The van der Waals surface area contributed by atoms with Gasteiger partial charge in [0.1, 0.15) is 12.2 Å². The Morgan fingerprint density at radius 2 is 2.15 bits per heavy atom. The molecular formula is C15H29N5. The lowest BCUT2D eigenvalue weighted by atomic mass is 9.81. The molecule has 0 spiro atoms. The van der Waals surface area contributed by atoms with E-state index < -0.39 is 0 Å². The van der Waals surface area contributed by atoms with Gasteiger partial charge in [-0.15, -0.1) is 0 Å². The second-order valence-electron chi connectivity index (χ2n) is 7.33. The lowest BCUT2D eigenvalue weighted by Gasteiger charge is -2.50. The van der Waals surface area contributed by atoms with Gasteiger partial charge in [-0.1, -0.05) is 27.7 Å². The van der Waals surface area contributed by atoms with Gasteiger partial charge >= 0.3 is 0 Å². The number of hydrogen-bond acceptors (Lipinski definition) is 4. The molecule has 1 aliphatic heterocycles. The summed E-state index contributed by atoms with van der Waals surface area (Å²) in [5.41, 5.74) is 0.459. The molecule has 0 aliphatic carbocycles. The fourth-order valence-electron chi connectivity index (χ4n) is 2.78. The maximum atomic E-state index is 4.39. The van der Waals surface area contributed by atoms with Crippen molar-refractivity contribution in [2.45, 2.75) is 59.2 Å². The Kier molecular flexibility index (Phi) is 4.21. The molecule has 2 unspecified atom stereocenters. The van der Waals surface area contributed by atoms with E-state index in [1.807, 2.05) is 11.7 Å². The molecule has 0 bridgehead atoms. The van der Waals surface area contributed by atoms with Crippen LogP contribution in [-0.4, -0.2) is 44.3 Å². The van der Waals surface area contributed by atoms with Crippen LogP contribution >= 0.6 is 0 Å². The van der Waals surface area contributed by atoms with Crippen molar-refractivity contribution < 1.29 is 0 Å². The van der Waals surface area contributed by atoms with Crippen LogP contribution in [0.4, 0.5) is 0 Å². The Balaban J connectivity index is 2.18.